The molecule has 1 amide bonds. The Morgan fingerprint density at radius 2 is 1.81 bits per heavy atom. The van der Waals surface area contributed by atoms with Crippen molar-refractivity contribution in [2.45, 2.75) is 13.0 Å². The highest BCUT2D eigenvalue weighted by molar-refractivity contribution is 6.51. The fraction of sp³-hybridized carbons (Fsp3) is 0.160. The first-order valence-electron chi connectivity index (χ1n) is 10.2. The molecule has 3 heterocycles. The second-order valence-corrected chi connectivity index (χ2v) is 7.60. The Hall–Kier alpha value is -4.13. The molecule has 7 heteroatoms. The van der Waals surface area contributed by atoms with Crippen LogP contribution in [0, 0.1) is 6.92 Å². The fourth-order valence-corrected chi connectivity index (χ4v) is 4.11. The van der Waals surface area contributed by atoms with Crippen LogP contribution in [-0.4, -0.2) is 35.0 Å². The number of benzene rings is 2. The summed E-state index contributed by atoms with van der Waals surface area (Å²) in [4.78, 5) is 32.0. The number of ether oxygens (including phenoxy) is 2. The highest BCUT2D eigenvalue weighted by Crippen LogP contribution is 2.43. The molecule has 7 nitrogen and oxygen atoms in total. The van der Waals surface area contributed by atoms with E-state index in [-0.39, 0.29) is 11.3 Å². The normalized spacial score (nSPS) is 19.3. The number of carbonyl (C=O) groups is 2. The Bertz CT molecular complexity index is 1250. The maximum atomic E-state index is 13.2. The molecule has 1 unspecified atom stereocenters. The van der Waals surface area contributed by atoms with Crippen LogP contribution < -0.4 is 14.4 Å². The van der Waals surface area contributed by atoms with E-state index in [1.807, 2.05) is 25.1 Å². The number of fused-ring (bicyclic) bond motifs is 1. The SMILES string of the molecule is Cc1ccccc1N1C(=O)C(=O)/C(=C(\O)c2ccc3c(c2)OCCO3)C1c1cccnc1. The van der Waals surface area contributed by atoms with E-state index < -0.39 is 17.7 Å². The summed E-state index contributed by atoms with van der Waals surface area (Å²) in [6, 6.07) is 15.0. The van der Waals surface area contributed by atoms with Crippen LogP contribution >= 0.6 is 0 Å². The molecule has 0 bridgehead atoms. The molecule has 0 saturated carbocycles. The fourth-order valence-electron chi connectivity index (χ4n) is 4.11. The molecule has 1 aromatic heterocycles. The lowest BCUT2D eigenvalue weighted by atomic mass is 9.95. The number of carbonyl (C=O) groups excluding carboxylic acids is 2. The second kappa shape index (κ2) is 7.85. The van der Waals surface area contributed by atoms with Crippen molar-refractivity contribution < 1.29 is 24.2 Å². The second-order valence-electron chi connectivity index (χ2n) is 7.60. The van der Waals surface area contributed by atoms with Gasteiger partial charge in [-0.15, -0.1) is 0 Å². The van der Waals surface area contributed by atoms with Crippen molar-refractivity contribution in [1.82, 2.24) is 4.98 Å². The molecular weight excluding hydrogens is 408 g/mol. The maximum absolute atomic E-state index is 13.2. The standard InChI is InChI=1S/C25H20N2O5/c1-15-5-2-3-7-18(15)27-22(17-6-4-10-26-14-17)21(24(29)25(27)30)23(28)16-8-9-19-20(13-16)32-12-11-31-19/h2-10,13-14,22,28H,11-12H2,1H3/b23-21-. The number of hydrogen-bond acceptors (Lipinski definition) is 6. The topological polar surface area (TPSA) is 89.0 Å². The van der Waals surface area contributed by atoms with Gasteiger partial charge in [0.25, 0.3) is 11.7 Å². The van der Waals surface area contributed by atoms with E-state index in [2.05, 4.69) is 4.98 Å². The molecule has 1 saturated heterocycles. The largest absolute Gasteiger partial charge is 0.507 e. The number of Topliss-reactive ketones (excluding diaryl/α,β-unsaturated/α-hetero) is 1. The van der Waals surface area contributed by atoms with Crippen LogP contribution in [0.3, 0.4) is 0 Å². The quantitative estimate of drug-likeness (QED) is 0.388. The zero-order valence-electron chi connectivity index (χ0n) is 17.3. The number of nitrogens with zero attached hydrogens (tertiary/aromatic N) is 2. The zero-order chi connectivity index (χ0) is 22.2. The van der Waals surface area contributed by atoms with E-state index in [0.717, 1.165) is 5.56 Å². The van der Waals surface area contributed by atoms with Crippen molar-refractivity contribution in [1.29, 1.82) is 0 Å². The molecule has 0 radical (unpaired) electrons. The van der Waals surface area contributed by atoms with E-state index >= 15 is 0 Å². The molecule has 0 spiro atoms. The lowest BCUT2D eigenvalue weighted by molar-refractivity contribution is -0.132. The van der Waals surface area contributed by atoms with Gasteiger partial charge in [0.1, 0.15) is 19.0 Å². The molecule has 160 valence electrons. The minimum absolute atomic E-state index is 0.00271. The van der Waals surface area contributed by atoms with Crippen LogP contribution in [0.25, 0.3) is 5.76 Å². The highest BCUT2D eigenvalue weighted by Gasteiger charge is 2.47. The first-order valence-corrected chi connectivity index (χ1v) is 10.2. The minimum Gasteiger partial charge on any atom is -0.507 e. The van der Waals surface area contributed by atoms with Crippen LogP contribution in [0.4, 0.5) is 5.69 Å². The van der Waals surface area contributed by atoms with Gasteiger partial charge in [-0.05, 0) is 48.4 Å². The average Bonchev–Trinajstić information content (AvgIpc) is 3.09. The van der Waals surface area contributed by atoms with Gasteiger partial charge in [-0.1, -0.05) is 24.3 Å². The summed E-state index contributed by atoms with van der Waals surface area (Å²) in [5.41, 5.74) is 2.43. The summed E-state index contributed by atoms with van der Waals surface area (Å²) in [5.74, 6) is -0.685. The molecule has 1 atom stereocenters. The first-order chi connectivity index (χ1) is 15.6. The Morgan fingerprint density at radius 1 is 1.03 bits per heavy atom. The van der Waals surface area contributed by atoms with Gasteiger partial charge in [0.05, 0.1) is 11.6 Å². The number of hydrogen-bond donors (Lipinski definition) is 1. The van der Waals surface area contributed by atoms with Crippen LogP contribution in [-0.2, 0) is 9.59 Å². The summed E-state index contributed by atoms with van der Waals surface area (Å²) >= 11 is 0. The first kappa shape index (κ1) is 19.8. The summed E-state index contributed by atoms with van der Waals surface area (Å²) in [6.45, 7) is 2.71. The predicted octanol–water partition coefficient (Wildman–Crippen LogP) is 3.79. The van der Waals surface area contributed by atoms with Gasteiger partial charge in [-0.25, -0.2) is 0 Å². The molecule has 2 aromatic carbocycles. The molecule has 5 rings (SSSR count). The third-order valence-electron chi connectivity index (χ3n) is 5.64. The Kier molecular flexibility index (Phi) is 4.86. The molecule has 2 aliphatic rings. The summed E-state index contributed by atoms with van der Waals surface area (Å²) in [7, 11) is 0. The number of aliphatic hydroxyl groups is 1. The minimum atomic E-state index is -0.821. The van der Waals surface area contributed by atoms with Crippen molar-refractivity contribution in [2.24, 2.45) is 0 Å². The lowest BCUT2D eigenvalue weighted by Gasteiger charge is -2.26. The van der Waals surface area contributed by atoms with Crippen molar-refractivity contribution in [2.75, 3.05) is 18.1 Å². The van der Waals surface area contributed by atoms with E-state index in [1.165, 1.54) is 4.90 Å². The molecule has 2 aliphatic heterocycles. The number of amides is 1. The third-order valence-corrected chi connectivity index (χ3v) is 5.64. The number of aliphatic hydroxyl groups excluding tert-OH is 1. The van der Waals surface area contributed by atoms with E-state index in [1.54, 1.807) is 48.8 Å². The molecule has 32 heavy (non-hydrogen) atoms. The van der Waals surface area contributed by atoms with Gasteiger partial charge in [0.15, 0.2) is 11.5 Å². The Balaban J connectivity index is 1.70. The summed E-state index contributed by atoms with van der Waals surface area (Å²) < 4.78 is 11.2. The average molecular weight is 428 g/mol. The van der Waals surface area contributed by atoms with Crippen molar-refractivity contribution in [3.05, 3.63) is 89.3 Å². The highest BCUT2D eigenvalue weighted by atomic mass is 16.6. The zero-order valence-corrected chi connectivity index (χ0v) is 17.3. The maximum Gasteiger partial charge on any atom is 0.300 e. The lowest BCUT2D eigenvalue weighted by Crippen LogP contribution is -2.30. The Labute approximate surface area is 184 Å². The molecule has 3 aromatic rings. The monoisotopic (exact) mass is 428 g/mol. The Morgan fingerprint density at radius 3 is 2.56 bits per heavy atom. The van der Waals surface area contributed by atoms with Gasteiger partial charge in [-0.3, -0.25) is 19.5 Å². The summed E-state index contributed by atoms with van der Waals surface area (Å²) in [5, 5.41) is 11.2. The molecule has 1 fully saturated rings. The van der Waals surface area contributed by atoms with Gasteiger partial charge < -0.3 is 14.6 Å². The summed E-state index contributed by atoms with van der Waals surface area (Å²) in [6.07, 6.45) is 3.21. The predicted molar refractivity (Wildman–Crippen MR) is 118 cm³/mol. The van der Waals surface area contributed by atoms with Crippen LogP contribution in [0.15, 0.2) is 72.6 Å². The van der Waals surface area contributed by atoms with Crippen LogP contribution in [0.1, 0.15) is 22.7 Å². The number of rotatable bonds is 3. The number of anilines is 1. The van der Waals surface area contributed by atoms with Gasteiger partial charge in [0.2, 0.25) is 0 Å². The van der Waals surface area contributed by atoms with Gasteiger partial charge in [-0.2, -0.15) is 0 Å². The third kappa shape index (κ3) is 3.19. The molecule has 0 aliphatic carbocycles. The van der Waals surface area contributed by atoms with E-state index in [9.17, 15) is 14.7 Å². The number of ketones is 1. The smallest absolute Gasteiger partial charge is 0.300 e. The van der Waals surface area contributed by atoms with Crippen LogP contribution in [0.2, 0.25) is 0 Å². The van der Waals surface area contributed by atoms with Gasteiger partial charge >= 0.3 is 0 Å². The van der Waals surface area contributed by atoms with Crippen LogP contribution in [0.5, 0.6) is 11.5 Å². The van der Waals surface area contributed by atoms with Crippen molar-refractivity contribution in [3.8, 4) is 11.5 Å². The molecular formula is C25H20N2O5. The van der Waals surface area contributed by atoms with Crippen molar-refractivity contribution in [3.63, 3.8) is 0 Å². The number of pyridine rings is 1. The van der Waals surface area contributed by atoms with E-state index in [0.29, 0.717) is 41.5 Å². The van der Waals surface area contributed by atoms with Crippen molar-refractivity contribution >= 4 is 23.1 Å². The van der Waals surface area contributed by atoms with E-state index in [4.69, 9.17) is 9.47 Å². The van der Waals surface area contributed by atoms with Gasteiger partial charge in [0, 0.05) is 23.6 Å². The molecule has 1 N–H and O–H groups in total. The number of aromatic nitrogens is 1. The number of para-hydroxylation sites is 1. The number of aryl methyl sites for hydroxylation is 1.